The fourth-order valence-electron chi connectivity index (χ4n) is 4.88. The van der Waals surface area contributed by atoms with Gasteiger partial charge in [-0.3, -0.25) is 9.68 Å². The first-order valence-electron chi connectivity index (χ1n) is 16.1. The minimum absolute atomic E-state index is 0.120. The number of isocyanates is 2. The van der Waals surface area contributed by atoms with Gasteiger partial charge in [0.25, 0.3) is 0 Å². The normalized spacial score (nSPS) is 19.1. The zero-order chi connectivity index (χ0) is 31.7. The number of nitrogens with one attached hydrogen (secondary N) is 3. The average molecular weight is 627 g/mol. The molecule has 0 aromatic heterocycles. The van der Waals surface area contributed by atoms with Crippen LogP contribution in [-0.4, -0.2) is 104 Å². The quantitative estimate of drug-likeness (QED) is 0.0311. The fourth-order valence-corrected chi connectivity index (χ4v) is 4.88. The molecule has 44 heavy (non-hydrogen) atoms. The molecule has 0 radical (unpaired) electrons. The molecular formula is C30H54N6O8+2. The molecular weight excluding hydrogens is 572 g/mol. The lowest BCUT2D eigenvalue weighted by atomic mass is 10.2. The molecule has 0 spiro atoms. The van der Waals surface area contributed by atoms with Crippen molar-refractivity contribution in [3.05, 3.63) is 12.2 Å². The Morgan fingerprint density at radius 1 is 0.818 bits per heavy atom. The van der Waals surface area contributed by atoms with Crippen LogP contribution in [0.25, 0.3) is 0 Å². The molecule has 0 aromatic carbocycles. The molecule has 14 heteroatoms. The van der Waals surface area contributed by atoms with Crippen LogP contribution < -0.4 is 16.0 Å². The Labute approximate surface area is 261 Å². The van der Waals surface area contributed by atoms with Crippen molar-refractivity contribution < 1.29 is 47.7 Å². The second kappa shape index (κ2) is 24.8. The van der Waals surface area contributed by atoms with Gasteiger partial charge in [-0.25, -0.2) is 25.2 Å². The highest BCUT2D eigenvalue weighted by Gasteiger charge is 2.26. The van der Waals surface area contributed by atoms with Gasteiger partial charge in [-0.05, 0) is 45.4 Å². The SMILES string of the molecule is C=C(C)COOCCCOC(=O)NCCCCCCN(OCNC1CCCCC[N+]1=C=O)OCNC1CCCCC[N+]1=C=O. The lowest BCUT2D eigenvalue weighted by molar-refractivity contribution is -0.572. The van der Waals surface area contributed by atoms with Crippen molar-refractivity contribution in [2.75, 3.05) is 59.5 Å². The first-order valence-corrected chi connectivity index (χ1v) is 16.1. The van der Waals surface area contributed by atoms with Crippen molar-refractivity contribution in [1.29, 1.82) is 0 Å². The van der Waals surface area contributed by atoms with E-state index in [9.17, 15) is 14.4 Å². The maximum Gasteiger partial charge on any atom is 0.425 e. The van der Waals surface area contributed by atoms with Crippen LogP contribution in [0, 0.1) is 0 Å². The lowest BCUT2D eigenvalue weighted by Gasteiger charge is -2.23. The summed E-state index contributed by atoms with van der Waals surface area (Å²) in [7, 11) is 0. The van der Waals surface area contributed by atoms with Crippen LogP contribution in [0.3, 0.4) is 0 Å². The molecule has 2 heterocycles. The molecule has 0 bridgehead atoms. The number of nitrogens with zero attached hydrogens (tertiary/aromatic N) is 3. The minimum atomic E-state index is -0.445. The van der Waals surface area contributed by atoms with Crippen LogP contribution in [0.4, 0.5) is 4.79 Å². The summed E-state index contributed by atoms with van der Waals surface area (Å²) in [5, 5.41) is 10.8. The van der Waals surface area contributed by atoms with E-state index in [0.717, 1.165) is 82.6 Å². The zero-order valence-electron chi connectivity index (χ0n) is 26.5. The van der Waals surface area contributed by atoms with Crippen molar-refractivity contribution >= 4 is 18.3 Å². The van der Waals surface area contributed by atoms with Crippen LogP contribution in [0.15, 0.2) is 12.2 Å². The lowest BCUT2D eigenvalue weighted by Crippen LogP contribution is -2.44. The van der Waals surface area contributed by atoms with Gasteiger partial charge in [0.05, 0.1) is 19.8 Å². The van der Waals surface area contributed by atoms with E-state index in [0.29, 0.717) is 45.8 Å². The Hall–Kier alpha value is -2.51. The third-order valence-electron chi connectivity index (χ3n) is 7.33. The number of ether oxygens (including phenoxy) is 1. The Balaban J connectivity index is 1.65. The molecule has 2 fully saturated rings. The van der Waals surface area contributed by atoms with Crippen molar-refractivity contribution in [2.24, 2.45) is 0 Å². The topological polar surface area (TPSA) is 143 Å². The second-order valence-corrected chi connectivity index (χ2v) is 11.2. The zero-order valence-corrected chi connectivity index (χ0v) is 26.5. The van der Waals surface area contributed by atoms with Crippen molar-refractivity contribution in [3.8, 4) is 0 Å². The molecule has 2 aliphatic rings. The van der Waals surface area contributed by atoms with Crippen LogP contribution in [-0.2, 0) is 33.8 Å². The second-order valence-electron chi connectivity index (χ2n) is 11.2. The smallest absolute Gasteiger partial charge is 0.425 e. The van der Waals surface area contributed by atoms with Gasteiger partial charge in [-0.2, -0.15) is 9.59 Å². The summed E-state index contributed by atoms with van der Waals surface area (Å²) in [6.07, 6.45) is 15.3. The summed E-state index contributed by atoms with van der Waals surface area (Å²) in [5.74, 6) is 0. The molecule has 2 unspecified atom stereocenters. The molecule has 0 aromatic rings. The number of carbonyl (C=O) groups excluding carboxylic acids is 3. The van der Waals surface area contributed by atoms with Gasteiger partial charge < -0.3 is 10.1 Å². The number of hydrogen-bond acceptors (Lipinski definition) is 11. The van der Waals surface area contributed by atoms with Gasteiger partial charge in [0.2, 0.25) is 12.3 Å². The van der Waals surface area contributed by atoms with E-state index in [1.54, 1.807) is 9.15 Å². The Morgan fingerprint density at radius 3 is 2.02 bits per heavy atom. The molecule has 2 saturated heterocycles. The van der Waals surface area contributed by atoms with Gasteiger partial charge in [0.1, 0.15) is 20.1 Å². The number of amides is 1. The largest absolute Gasteiger partial charge is 0.449 e. The van der Waals surface area contributed by atoms with Crippen LogP contribution in [0.1, 0.15) is 90.4 Å². The van der Waals surface area contributed by atoms with E-state index in [-0.39, 0.29) is 32.4 Å². The van der Waals surface area contributed by atoms with E-state index in [2.05, 4.69) is 22.5 Å². The third kappa shape index (κ3) is 17.7. The molecule has 2 rings (SSSR count). The predicted octanol–water partition coefficient (Wildman–Crippen LogP) is 2.94. The predicted molar refractivity (Wildman–Crippen MR) is 160 cm³/mol. The number of alkyl carbamates (subject to hydrolysis) is 1. The number of unbranched alkanes of at least 4 members (excludes halogenated alkanes) is 3. The van der Waals surface area contributed by atoms with Gasteiger partial charge >= 0.3 is 18.3 Å². The summed E-state index contributed by atoms with van der Waals surface area (Å²) < 4.78 is 8.46. The maximum absolute atomic E-state index is 11.8. The van der Waals surface area contributed by atoms with Gasteiger partial charge in [-0.15, -0.1) is 9.15 Å². The molecule has 1 amide bonds. The Bertz CT molecular complexity index is 879. The van der Waals surface area contributed by atoms with Gasteiger partial charge in [0, 0.05) is 38.6 Å². The first-order chi connectivity index (χ1) is 21.5. The number of hydroxylamine groups is 2. The third-order valence-corrected chi connectivity index (χ3v) is 7.33. The monoisotopic (exact) mass is 626 g/mol. The molecule has 2 aliphatic heterocycles. The highest BCUT2D eigenvalue weighted by molar-refractivity contribution is 5.66. The summed E-state index contributed by atoms with van der Waals surface area (Å²) in [5.41, 5.74) is 0.869. The summed E-state index contributed by atoms with van der Waals surface area (Å²) in [6, 6.07) is 0. The Morgan fingerprint density at radius 2 is 1.43 bits per heavy atom. The van der Waals surface area contributed by atoms with Crippen molar-refractivity contribution in [3.63, 3.8) is 0 Å². The van der Waals surface area contributed by atoms with E-state index in [1.165, 1.54) is 5.23 Å². The fraction of sp³-hybridized carbons (Fsp3) is 0.833. The van der Waals surface area contributed by atoms with Crippen LogP contribution in [0.5, 0.6) is 0 Å². The summed E-state index contributed by atoms with van der Waals surface area (Å²) in [4.78, 5) is 56.3. The van der Waals surface area contributed by atoms with Gasteiger partial charge in [-0.1, -0.05) is 30.2 Å². The van der Waals surface area contributed by atoms with E-state index in [4.69, 9.17) is 24.2 Å². The molecule has 2 atom stereocenters. The molecule has 0 aliphatic carbocycles. The molecule has 14 nitrogen and oxygen atoms in total. The highest BCUT2D eigenvalue weighted by Crippen LogP contribution is 2.12. The van der Waals surface area contributed by atoms with E-state index in [1.807, 2.05) is 19.1 Å². The first kappa shape index (κ1) is 37.7. The molecule has 3 N–H and O–H groups in total. The van der Waals surface area contributed by atoms with Crippen molar-refractivity contribution in [2.45, 2.75) is 103 Å². The minimum Gasteiger partial charge on any atom is -0.449 e. The average Bonchev–Trinajstić information content (AvgIpc) is 3.39. The van der Waals surface area contributed by atoms with E-state index >= 15 is 0 Å². The summed E-state index contributed by atoms with van der Waals surface area (Å²) >= 11 is 0. The molecule has 250 valence electrons. The van der Waals surface area contributed by atoms with Crippen LogP contribution >= 0.6 is 0 Å². The van der Waals surface area contributed by atoms with Crippen LogP contribution in [0.2, 0.25) is 0 Å². The highest BCUT2D eigenvalue weighted by atomic mass is 17.2. The standard InChI is InChI=1S/C30H53N6O8/c1-27(2)22-44-43-21-13-20-40-30(39)31-16-9-3-4-12-19-36(41-23-32-28-14-7-5-10-17-34(28)25-37)42-24-33-29-15-8-6-11-18-35(29)26-38/h28-29,32-33H,1,3-24H2,2H3/q+1/p+1. The van der Waals surface area contributed by atoms with Crippen molar-refractivity contribution in [1.82, 2.24) is 21.2 Å². The number of carbonyl (C=O) groups is 1. The maximum atomic E-state index is 11.8. The summed E-state index contributed by atoms with van der Waals surface area (Å²) in [6.45, 7) is 9.27. The number of hydrogen-bond donors (Lipinski definition) is 3. The van der Waals surface area contributed by atoms with E-state index < -0.39 is 6.09 Å². The van der Waals surface area contributed by atoms with Gasteiger partial charge in [0.15, 0.2) is 13.1 Å². The molecule has 0 saturated carbocycles. The number of rotatable bonds is 22. The Kier molecular flexibility index (Phi) is 21.2.